The maximum atomic E-state index is 11.7. The summed E-state index contributed by atoms with van der Waals surface area (Å²) in [5.74, 6) is 0.937. The van der Waals surface area contributed by atoms with Crippen molar-refractivity contribution in [2.75, 3.05) is 5.32 Å². The minimum absolute atomic E-state index is 0.154. The van der Waals surface area contributed by atoms with E-state index in [-0.39, 0.29) is 5.91 Å². The topological polar surface area (TPSA) is 29.1 Å². The van der Waals surface area contributed by atoms with Crippen LogP contribution in [0.2, 0.25) is 0 Å². The van der Waals surface area contributed by atoms with Crippen LogP contribution in [0.3, 0.4) is 0 Å². The van der Waals surface area contributed by atoms with E-state index in [4.69, 9.17) is 0 Å². The first-order valence-corrected chi connectivity index (χ1v) is 6.69. The molecule has 17 heavy (non-hydrogen) atoms. The first kappa shape index (κ1) is 12.2. The third-order valence-electron chi connectivity index (χ3n) is 3.56. The van der Waals surface area contributed by atoms with Gasteiger partial charge in [0.05, 0.1) is 0 Å². The molecular formula is C15H21NO. The van der Waals surface area contributed by atoms with Crippen LogP contribution in [0.25, 0.3) is 0 Å². The van der Waals surface area contributed by atoms with Gasteiger partial charge in [0.15, 0.2) is 0 Å². The predicted molar refractivity (Wildman–Crippen MR) is 70.9 cm³/mol. The van der Waals surface area contributed by atoms with E-state index in [2.05, 4.69) is 5.32 Å². The van der Waals surface area contributed by atoms with E-state index in [1.165, 1.54) is 32.1 Å². The third kappa shape index (κ3) is 4.22. The summed E-state index contributed by atoms with van der Waals surface area (Å²) < 4.78 is 0. The zero-order valence-corrected chi connectivity index (χ0v) is 10.3. The standard InChI is InChI=1S/C15H21NO/c17-15(16-14-9-5-2-6-10-14)12-11-13-7-3-1-4-8-13/h2,5-6,9-10,13H,1,3-4,7-8,11-12H2,(H,16,17). The van der Waals surface area contributed by atoms with Crippen LogP contribution in [-0.2, 0) is 4.79 Å². The van der Waals surface area contributed by atoms with Crippen molar-refractivity contribution in [3.05, 3.63) is 30.3 Å². The molecule has 0 aromatic heterocycles. The number of benzene rings is 1. The minimum atomic E-state index is 0.154. The van der Waals surface area contributed by atoms with Crippen LogP contribution in [0.1, 0.15) is 44.9 Å². The Morgan fingerprint density at radius 3 is 2.53 bits per heavy atom. The molecule has 0 saturated heterocycles. The van der Waals surface area contributed by atoms with Gasteiger partial charge in [-0.1, -0.05) is 50.3 Å². The summed E-state index contributed by atoms with van der Waals surface area (Å²) in [6.07, 6.45) is 8.44. The molecule has 0 heterocycles. The Balaban J connectivity index is 1.70. The zero-order chi connectivity index (χ0) is 11.9. The monoisotopic (exact) mass is 231 g/mol. The predicted octanol–water partition coefficient (Wildman–Crippen LogP) is 3.99. The maximum Gasteiger partial charge on any atom is 0.224 e. The highest BCUT2D eigenvalue weighted by atomic mass is 16.1. The highest BCUT2D eigenvalue weighted by Crippen LogP contribution is 2.27. The fraction of sp³-hybridized carbons (Fsp3) is 0.533. The van der Waals surface area contributed by atoms with Gasteiger partial charge in [0.25, 0.3) is 0 Å². The summed E-state index contributed by atoms with van der Waals surface area (Å²) >= 11 is 0. The molecule has 1 aliphatic carbocycles. The van der Waals surface area contributed by atoms with E-state index in [1.54, 1.807) is 0 Å². The molecule has 2 rings (SSSR count). The average molecular weight is 231 g/mol. The highest BCUT2D eigenvalue weighted by Gasteiger charge is 2.14. The number of anilines is 1. The van der Waals surface area contributed by atoms with Crippen molar-refractivity contribution >= 4 is 11.6 Å². The Labute approximate surface area is 103 Å². The normalized spacial score (nSPS) is 16.7. The Morgan fingerprint density at radius 1 is 1.12 bits per heavy atom. The summed E-state index contributed by atoms with van der Waals surface area (Å²) in [6.45, 7) is 0. The number of hydrogen-bond donors (Lipinski definition) is 1. The van der Waals surface area contributed by atoms with Crippen molar-refractivity contribution in [3.63, 3.8) is 0 Å². The second kappa shape index (κ2) is 6.43. The number of rotatable bonds is 4. The van der Waals surface area contributed by atoms with E-state index in [0.29, 0.717) is 6.42 Å². The minimum Gasteiger partial charge on any atom is -0.326 e. The first-order valence-electron chi connectivity index (χ1n) is 6.69. The number of hydrogen-bond acceptors (Lipinski definition) is 1. The lowest BCUT2D eigenvalue weighted by molar-refractivity contribution is -0.116. The molecular weight excluding hydrogens is 210 g/mol. The molecule has 0 aliphatic heterocycles. The van der Waals surface area contributed by atoms with Gasteiger partial charge < -0.3 is 5.32 Å². The van der Waals surface area contributed by atoms with Crippen molar-refractivity contribution in [1.82, 2.24) is 0 Å². The number of nitrogens with one attached hydrogen (secondary N) is 1. The fourth-order valence-electron chi connectivity index (χ4n) is 2.56. The van der Waals surface area contributed by atoms with Crippen molar-refractivity contribution in [2.24, 2.45) is 5.92 Å². The van der Waals surface area contributed by atoms with E-state index < -0.39 is 0 Å². The van der Waals surface area contributed by atoms with Crippen LogP contribution >= 0.6 is 0 Å². The molecule has 1 amide bonds. The van der Waals surface area contributed by atoms with Crippen LogP contribution in [0, 0.1) is 5.92 Å². The van der Waals surface area contributed by atoms with Crippen LogP contribution in [0.15, 0.2) is 30.3 Å². The van der Waals surface area contributed by atoms with Crippen LogP contribution in [-0.4, -0.2) is 5.91 Å². The molecule has 0 atom stereocenters. The first-order chi connectivity index (χ1) is 8.34. The van der Waals surface area contributed by atoms with Crippen LogP contribution in [0.4, 0.5) is 5.69 Å². The summed E-state index contributed by atoms with van der Waals surface area (Å²) in [5.41, 5.74) is 0.904. The zero-order valence-electron chi connectivity index (χ0n) is 10.3. The average Bonchev–Trinajstić information content (AvgIpc) is 2.39. The second-order valence-corrected chi connectivity index (χ2v) is 4.96. The Hall–Kier alpha value is -1.31. The largest absolute Gasteiger partial charge is 0.326 e. The lowest BCUT2D eigenvalue weighted by Crippen LogP contribution is -2.14. The van der Waals surface area contributed by atoms with Gasteiger partial charge >= 0.3 is 0 Å². The quantitative estimate of drug-likeness (QED) is 0.834. The maximum absolute atomic E-state index is 11.7. The molecule has 0 unspecified atom stereocenters. The Morgan fingerprint density at radius 2 is 1.82 bits per heavy atom. The Kier molecular flexibility index (Phi) is 4.60. The summed E-state index contributed by atoms with van der Waals surface area (Å²) in [6, 6.07) is 9.70. The molecule has 1 saturated carbocycles. The second-order valence-electron chi connectivity index (χ2n) is 4.96. The molecule has 1 N–H and O–H groups in total. The SMILES string of the molecule is O=C(CCC1CCCCC1)Nc1ccccc1. The highest BCUT2D eigenvalue weighted by molar-refractivity contribution is 5.90. The van der Waals surface area contributed by atoms with E-state index in [1.807, 2.05) is 30.3 Å². The van der Waals surface area contributed by atoms with E-state index in [9.17, 15) is 4.79 Å². The van der Waals surface area contributed by atoms with Gasteiger partial charge in [-0.15, -0.1) is 0 Å². The van der Waals surface area contributed by atoms with Crippen molar-refractivity contribution in [1.29, 1.82) is 0 Å². The van der Waals surface area contributed by atoms with Crippen molar-refractivity contribution in [3.8, 4) is 0 Å². The molecule has 2 nitrogen and oxygen atoms in total. The lowest BCUT2D eigenvalue weighted by atomic mass is 9.86. The molecule has 0 spiro atoms. The van der Waals surface area contributed by atoms with Crippen LogP contribution in [0.5, 0.6) is 0 Å². The van der Waals surface area contributed by atoms with E-state index >= 15 is 0 Å². The van der Waals surface area contributed by atoms with Crippen molar-refractivity contribution in [2.45, 2.75) is 44.9 Å². The molecule has 2 heteroatoms. The molecule has 92 valence electrons. The van der Waals surface area contributed by atoms with Gasteiger partial charge in [-0.05, 0) is 24.5 Å². The summed E-state index contributed by atoms with van der Waals surface area (Å²) in [7, 11) is 0. The molecule has 0 bridgehead atoms. The Bertz CT molecular complexity index is 341. The van der Waals surface area contributed by atoms with Gasteiger partial charge in [0, 0.05) is 12.1 Å². The lowest BCUT2D eigenvalue weighted by Gasteiger charge is -2.20. The fourth-order valence-corrected chi connectivity index (χ4v) is 2.56. The van der Waals surface area contributed by atoms with Gasteiger partial charge in [-0.2, -0.15) is 0 Å². The summed E-state index contributed by atoms with van der Waals surface area (Å²) in [5, 5.41) is 2.94. The molecule has 1 aromatic carbocycles. The molecule has 0 radical (unpaired) electrons. The van der Waals surface area contributed by atoms with Gasteiger partial charge in [-0.3, -0.25) is 4.79 Å². The summed E-state index contributed by atoms with van der Waals surface area (Å²) in [4.78, 5) is 11.7. The van der Waals surface area contributed by atoms with Gasteiger partial charge in [0.2, 0.25) is 5.91 Å². The molecule has 1 aliphatic rings. The number of para-hydroxylation sites is 1. The number of carbonyl (C=O) groups excluding carboxylic acids is 1. The molecule has 1 aromatic rings. The third-order valence-corrected chi connectivity index (χ3v) is 3.56. The van der Waals surface area contributed by atoms with Crippen LogP contribution < -0.4 is 5.32 Å². The number of carbonyl (C=O) groups is 1. The van der Waals surface area contributed by atoms with Gasteiger partial charge in [0.1, 0.15) is 0 Å². The van der Waals surface area contributed by atoms with Crippen molar-refractivity contribution < 1.29 is 4.79 Å². The van der Waals surface area contributed by atoms with Gasteiger partial charge in [-0.25, -0.2) is 0 Å². The van der Waals surface area contributed by atoms with E-state index in [0.717, 1.165) is 18.0 Å². The smallest absolute Gasteiger partial charge is 0.224 e. The molecule has 1 fully saturated rings. The number of amides is 1.